The maximum atomic E-state index is 10.7. The van der Waals surface area contributed by atoms with Gasteiger partial charge in [-0.2, -0.15) is 0 Å². The molecule has 0 radical (unpaired) electrons. The molecule has 0 amide bonds. The van der Waals surface area contributed by atoms with Crippen molar-refractivity contribution in [3.05, 3.63) is 12.2 Å². The first kappa shape index (κ1) is 18.2. The normalized spacial score (nSPS) is 12.8. The van der Waals surface area contributed by atoms with Crippen LogP contribution in [0.3, 0.4) is 0 Å². The van der Waals surface area contributed by atoms with Crippen molar-refractivity contribution in [1.29, 1.82) is 0 Å². The molecule has 2 nitrogen and oxygen atoms in total. The van der Waals surface area contributed by atoms with E-state index in [1.165, 1.54) is 64.7 Å². The van der Waals surface area contributed by atoms with E-state index >= 15 is 0 Å². The van der Waals surface area contributed by atoms with Gasteiger partial charge in [0, 0.05) is 6.92 Å². The number of hydrogen-bond donors (Lipinski definition) is 0. The highest BCUT2D eigenvalue weighted by atomic mass is 16.5. The van der Waals surface area contributed by atoms with E-state index < -0.39 is 0 Å². The molecule has 0 fully saturated rings. The van der Waals surface area contributed by atoms with Crippen LogP contribution in [0.4, 0.5) is 0 Å². The minimum atomic E-state index is -0.164. The minimum Gasteiger partial charge on any atom is -0.463 e. The van der Waals surface area contributed by atoms with E-state index in [1.54, 1.807) is 0 Å². The summed E-state index contributed by atoms with van der Waals surface area (Å²) in [6.07, 6.45) is 17.2. The highest BCUT2D eigenvalue weighted by Crippen LogP contribution is 2.10. The van der Waals surface area contributed by atoms with E-state index in [0.717, 1.165) is 6.42 Å². The number of carbonyl (C=O) groups is 1. The second kappa shape index (κ2) is 13.6. The summed E-state index contributed by atoms with van der Waals surface area (Å²) >= 11 is 0. The van der Waals surface area contributed by atoms with Gasteiger partial charge in [0.05, 0.1) is 6.10 Å². The second-order valence-corrected chi connectivity index (χ2v) is 5.38. The number of allylic oxidation sites excluding steroid dienone is 2. The van der Waals surface area contributed by atoms with E-state index in [-0.39, 0.29) is 12.1 Å². The molecule has 1 atom stereocenters. The molecule has 0 aliphatic rings. The summed E-state index contributed by atoms with van der Waals surface area (Å²) in [5, 5.41) is 0. The standard InChI is InChI=1S/C17H32O2/c1-4-5-6-7-8-9-10-11-12-13-14-15-16(2)19-17(3)18/h7-8,16H,4-6,9-15H2,1-3H3/t16-/m0/s1. The molecule has 0 aliphatic carbocycles. The Kier molecular flexibility index (Phi) is 13.1. The van der Waals surface area contributed by atoms with Gasteiger partial charge in [-0.25, -0.2) is 0 Å². The Labute approximate surface area is 119 Å². The van der Waals surface area contributed by atoms with Gasteiger partial charge in [-0.1, -0.05) is 51.2 Å². The van der Waals surface area contributed by atoms with Gasteiger partial charge in [-0.15, -0.1) is 0 Å². The first-order valence-corrected chi connectivity index (χ1v) is 7.99. The zero-order valence-electron chi connectivity index (χ0n) is 13.1. The Hall–Kier alpha value is -0.790. The van der Waals surface area contributed by atoms with Gasteiger partial charge in [0.25, 0.3) is 0 Å². The second-order valence-electron chi connectivity index (χ2n) is 5.38. The van der Waals surface area contributed by atoms with Crippen molar-refractivity contribution in [2.45, 2.75) is 91.1 Å². The minimum absolute atomic E-state index is 0.0824. The van der Waals surface area contributed by atoms with Crippen LogP contribution in [0.25, 0.3) is 0 Å². The highest BCUT2D eigenvalue weighted by Gasteiger charge is 2.04. The maximum Gasteiger partial charge on any atom is 0.302 e. The van der Waals surface area contributed by atoms with E-state index in [1.807, 2.05) is 6.92 Å². The van der Waals surface area contributed by atoms with E-state index in [4.69, 9.17) is 4.74 Å². The lowest BCUT2D eigenvalue weighted by Crippen LogP contribution is -2.11. The van der Waals surface area contributed by atoms with Crippen molar-refractivity contribution in [1.82, 2.24) is 0 Å². The number of unbranched alkanes of at least 4 members (excludes halogenated alkanes) is 7. The molecule has 0 aromatic carbocycles. The van der Waals surface area contributed by atoms with Gasteiger partial charge < -0.3 is 4.74 Å². The Morgan fingerprint density at radius 2 is 1.58 bits per heavy atom. The SMILES string of the molecule is CCCCC=CCCCCCCC[C@H](C)OC(C)=O. The number of esters is 1. The molecule has 0 rings (SSSR count). The van der Waals surface area contributed by atoms with Crippen LogP contribution in [0.1, 0.15) is 85.0 Å². The lowest BCUT2D eigenvalue weighted by Gasteiger charge is -2.10. The Morgan fingerprint density at radius 1 is 1.00 bits per heavy atom. The highest BCUT2D eigenvalue weighted by molar-refractivity contribution is 5.66. The molecule has 0 unspecified atom stereocenters. The number of carbonyl (C=O) groups excluding carboxylic acids is 1. The largest absolute Gasteiger partial charge is 0.463 e. The average Bonchev–Trinajstić information content (AvgIpc) is 2.35. The lowest BCUT2D eigenvalue weighted by atomic mass is 10.1. The molecular formula is C17H32O2. The number of ether oxygens (including phenoxy) is 1. The predicted molar refractivity (Wildman–Crippen MR) is 82.2 cm³/mol. The van der Waals surface area contributed by atoms with Crippen LogP contribution in [0, 0.1) is 0 Å². The van der Waals surface area contributed by atoms with E-state index in [9.17, 15) is 4.79 Å². The van der Waals surface area contributed by atoms with Crippen LogP contribution < -0.4 is 0 Å². The fourth-order valence-corrected chi connectivity index (χ4v) is 2.12. The zero-order chi connectivity index (χ0) is 14.3. The van der Waals surface area contributed by atoms with Gasteiger partial charge in [-0.05, 0) is 39.0 Å². The molecule has 0 heterocycles. The summed E-state index contributed by atoms with van der Waals surface area (Å²) in [7, 11) is 0. The summed E-state index contributed by atoms with van der Waals surface area (Å²) in [6.45, 7) is 5.68. The Morgan fingerprint density at radius 3 is 2.21 bits per heavy atom. The molecule has 0 bridgehead atoms. The molecule has 0 spiro atoms. The molecule has 112 valence electrons. The third-order valence-corrected chi connectivity index (χ3v) is 3.24. The fourth-order valence-electron chi connectivity index (χ4n) is 2.12. The van der Waals surface area contributed by atoms with E-state index in [0.29, 0.717) is 0 Å². The summed E-state index contributed by atoms with van der Waals surface area (Å²) in [6, 6.07) is 0. The lowest BCUT2D eigenvalue weighted by molar-refractivity contribution is -0.145. The molecule has 0 N–H and O–H groups in total. The monoisotopic (exact) mass is 268 g/mol. The van der Waals surface area contributed by atoms with Crippen LogP contribution in [0.5, 0.6) is 0 Å². The predicted octanol–water partition coefficient (Wildman–Crippen LogP) is 5.42. The Balaban J connectivity index is 3.18. The summed E-state index contributed by atoms with van der Waals surface area (Å²) in [4.78, 5) is 10.7. The van der Waals surface area contributed by atoms with Crippen LogP contribution >= 0.6 is 0 Å². The first-order valence-electron chi connectivity index (χ1n) is 7.99. The average molecular weight is 268 g/mol. The molecule has 0 saturated carbocycles. The van der Waals surface area contributed by atoms with Crippen molar-refractivity contribution in [2.75, 3.05) is 0 Å². The zero-order valence-corrected chi connectivity index (χ0v) is 13.1. The van der Waals surface area contributed by atoms with Crippen LogP contribution in [0.15, 0.2) is 12.2 Å². The van der Waals surface area contributed by atoms with Gasteiger partial charge in [0.1, 0.15) is 0 Å². The molecule has 19 heavy (non-hydrogen) atoms. The number of rotatable bonds is 12. The summed E-state index contributed by atoms with van der Waals surface area (Å²) in [5.74, 6) is -0.164. The van der Waals surface area contributed by atoms with Gasteiger partial charge in [0.15, 0.2) is 0 Å². The molecular weight excluding hydrogens is 236 g/mol. The van der Waals surface area contributed by atoms with Gasteiger partial charge in [0.2, 0.25) is 0 Å². The summed E-state index contributed by atoms with van der Waals surface area (Å²) in [5.41, 5.74) is 0. The van der Waals surface area contributed by atoms with Gasteiger partial charge >= 0.3 is 5.97 Å². The Bertz CT molecular complexity index is 233. The van der Waals surface area contributed by atoms with Crippen molar-refractivity contribution in [2.24, 2.45) is 0 Å². The molecule has 0 saturated heterocycles. The topological polar surface area (TPSA) is 26.3 Å². The fraction of sp³-hybridized carbons (Fsp3) is 0.824. The number of hydrogen-bond acceptors (Lipinski definition) is 2. The van der Waals surface area contributed by atoms with Crippen LogP contribution in [-0.2, 0) is 9.53 Å². The molecule has 2 heteroatoms. The first-order chi connectivity index (χ1) is 9.16. The third kappa shape index (κ3) is 15.2. The van der Waals surface area contributed by atoms with Crippen molar-refractivity contribution >= 4 is 5.97 Å². The van der Waals surface area contributed by atoms with E-state index in [2.05, 4.69) is 19.1 Å². The molecule has 0 aromatic heterocycles. The summed E-state index contributed by atoms with van der Waals surface area (Å²) < 4.78 is 5.09. The quantitative estimate of drug-likeness (QED) is 0.268. The van der Waals surface area contributed by atoms with Crippen LogP contribution in [0.2, 0.25) is 0 Å². The van der Waals surface area contributed by atoms with Gasteiger partial charge in [-0.3, -0.25) is 4.79 Å². The smallest absolute Gasteiger partial charge is 0.302 e. The van der Waals surface area contributed by atoms with Crippen LogP contribution in [-0.4, -0.2) is 12.1 Å². The molecule has 0 aromatic rings. The van der Waals surface area contributed by atoms with Crippen molar-refractivity contribution in [3.63, 3.8) is 0 Å². The maximum absolute atomic E-state index is 10.7. The third-order valence-electron chi connectivity index (χ3n) is 3.24. The molecule has 0 aliphatic heterocycles. The van der Waals surface area contributed by atoms with Crippen molar-refractivity contribution < 1.29 is 9.53 Å². The van der Waals surface area contributed by atoms with Crippen molar-refractivity contribution in [3.8, 4) is 0 Å².